The normalized spacial score (nSPS) is 10.3. The molecule has 6 nitrogen and oxygen atoms in total. The van der Waals surface area contributed by atoms with Gasteiger partial charge in [-0.2, -0.15) is 5.10 Å². The van der Waals surface area contributed by atoms with Gasteiger partial charge < -0.3 is 5.32 Å². The number of halogens is 1. The van der Waals surface area contributed by atoms with Crippen LogP contribution in [0.5, 0.6) is 0 Å². The van der Waals surface area contributed by atoms with Gasteiger partial charge in [0.25, 0.3) is 5.91 Å². The molecule has 0 saturated heterocycles. The largest absolute Gasteiger partial charge is 0.350 e. The minimum Gasteiger partial charge on any atom is -0.350 e. The maximum atomic E-state index is 11.7. The Morgan fingerprint density at radius 2 is 2.28 bits per heavy atom. The highest BCUT2D eigenvalue weighted by molar-refractivity contribution is 6.29. The van der Waals surface area contributed by atoms with Crippen molar-refractivity contribution in [3.63, 3.8) is 0 Å². The van der Waals surface area contributed by atoms with Gasteiger partial charge in [0.2, 0.25) is 0 Å². The predicted octanol–water partition coefficient (Wildman–Crippen LogP) is 0.836. The number of hydrogen-bond donors (Lipinski definition) is 1. The highest BCUT2D eigenvalue weighted by atomic mass is 35.5. The molecule has 2 aromatic rings. The summed E-state index contributed by atoms with van der Waals surface area (Å²) in [5, 5.41) is 14.4. The lowest BCUT2D eigenvalue weighted by atomic mass is 10.2. The summed E-state index contributed by atoms with van der Waals surface area (Å²) in [6, 6.07) is 3.07. The van der Waals surface area contributed by atoms with E-state index in [1.807, 2.05) is 13.2 Å². The van der Waals surface area contributed by atoms with Crippen molar-refractivity contribution >= 4 is 17.5 Å². The molecule has 0 aliphatic carbocycles. The highest BCUT2D eigenvalue weighted by Crippen LogP contribution is 2.02. The molecule has 0 aliphatic rings. The van der Waals surface area contributed by atoms with Crippen LogP contribution in [0.4, 0.5) is 0 Å². The van der Waals surface area contributed by atoms with Crippen LogP contribution in [0.3, 0.4) is 0 Å². The molecule has 0 unspecified atom stereocenters. The fourth-order valence-electron chi connectivity index (χ4n) is 1.45. The second-order valence-electron chi connectivity index (χ2n) is 3.77. The zero-order chi connectivity index (χ0) is 13.0. The topological polar surface area (TPSA) is 72.7 Å². The van der Waals surface area contributed by atoms with Crippen molar-refractivity contribution in [2.45, 2.75) is 6.42 Å². The first-order chi connectivity index (χ1) is 8.65. The fourth-order valence-corrected chi connectivity index (χ4v) is 1.55. The lowest BCUT2D eigenvalue weighted by molar-refractivity contribution is 0.0948. The van der Waals surface area contributed by atoms with Crippen molar-refractivity contribution in [2.75, 3.05) is 6.54 Å². The number of amides is 1. The van der Waals surface area contributed by atoms with Gasteiger partial charge in [-0.3, -0.25) is 9.48 Å². The van der Waals surface area contributed by atoms with Crippen LogP contribution in [0.15, 0.2) is 24.5 Å². The number of carbonyl (C=O) groups excluding carboxylic acids is 1. The zero-order valence-corrected chi connectivity index (χ0v) is 10.6. The maximum Gasteiger partial charge on any atom is 0.271 e. The van der Waals surface area contributed by atoms with E-state index < -0.39 is 0 Å². The van der Waals surface area contributed by atoms with Crippen LogP contribution >= 0.6 is 11.6 Å². The first-order valence-electron chi connectivity index (χ1n) is 5.40. The first-order valence-corrected chi connectivity index (χ1v) is 5.78. The minimum atomic E-state index is -0.261. The van der Waals surface area contributed by atoms with E-state index in [1.165, 1.54) is 12.1 Å². The first kappa shape index (κ1) is 12.5. The Labute approximate surface area is 109 Å². The van der Waals surface area contributed by atoms with E-state index >= 15 is 0 Å². The molecule has 0 saturated carbocycles. The molecule has 0 fully saturated rings. The van der Waals surface area contributed by atoms with Crippen molar-refractivity contribution in [1.82, 2.24) is 25.3 Å². The van der Waals surface area contributed by atoms with Crippen molar-refractivity contribution in [3.8, 4) is 0 Å². The second kappa shape index (κ2) is 5.59. The third-order valence-corrected chi connectivity index (χ3v) is 2.52. The number of aromatic nitrogens is 4. The molecule has 7 heteroatoms. The Kier molecular flexibility index (Phi) is 3.88. The summed E-state index contributed by atoms with van der Waals surface area (Å²) in [5.41, 5.74) is 1.32. The standard InChI is InChI=1S/C11H12ClN5O/c1-17-7-8(6-14-17)4-5-13-11(18)9-2-3-10(12)16-15-9/h2-3,6-7H,4-5H2,1H3,(H,13,18). The van der Waals surface area contributed by atoms with Crippen LogP contribution in [0.1, 0.15) is 16.1 Å². The minimum absolute atomic E-state index is 0.255. The molecular formula is C11H12ClN5O. The van der Waals surface area contributed by atoms with Crippen molar-refractivity contribution < 1.29 is 4.79 Å². The number of nitrogens with zero attached hydrogens (tertiary/aromatic N) is 4. The molecule has 94 valence electrons. The van der Waals surface area contributed by atoms with Crippen molar-refractivity contribution in [1.29, 1.82) is 0 Å². The van der Waals surface area contributed by atoms with E-state index in [1.54, 1.807) is 10.9 Å². The fraction of sp³-hybridized carbons (Fsp3) is 0.273. The average molecular weight is 266 g/mol. The Hall–Kier alpha value is -1.95. The number of aryl methyl sites for hydroxylation is 1. The molecule has 1 amide bonds. The Balaban J connectivity index is 1.83. The molecule has 0 spiro atoms. The Morgan fingerprint density at radius 1 is 1.44 bits per heavy atom. The summed E-state index contributed by atoms with van der Waals surface area (Å²) in [6.45, 7) is 0.523. The van der Waals surface area contributed by atoms with Crippen LogP contribution in [-0.4, -0.2) is 32.4 Å². The lowest BCUT2D eigenvalue weighted by Gasteiger charge is -2.02. The average Bonchev–Trinajstić information content (AvgIpc) is 2.76. The van der Waals surface area contributed by atoms with Gasteiger partial charge in [-0.1, -0.05) is 11.6 Å². The quantitative estimate of drug-likeness (QED) is 0.889. The van der Waals surface area contributed by atoms with Gasteiger partial charge in [0.1, 0.15) is 0 Å². The van der Waals surface area contributed by atoms with E-state index in [-0.39, 0.29) is 16.8 Å². The van der Waals surface area contributed by atoms with Gasteiger partial charge >= 0.3 is 0 Å². The molecule has 0 aromatic carbocycles. The van der Waals surface area contributed by atoms with Gasteiger partial charge in [-0.15, -0.1) is 10.2 Å². The molecule has 2 aromatic heterocycles. The van der Waals surface area contributed by atoms with Gasteiger partial charge in [0.05, 0.1) is 6.20 Å². The van der Waals surface area contributed by atoms with E-state index in [2.05, 4.69) is 20.6 Å². The Morgan fingerprint density at radius 3 is 2.89 bits per heavy atom. The molecule has 0 bridgehead atoms. The van der Waals surface area contributed by atoms with E-state index in [0.717, 1.165) is 12.0 Å². The number of nitrogens with one attached hydrogen (secondary N) is 1. The second-order valence-corrected chi connectivity index (χ2v) is 4.16. The van der Waals surface area contributed by atoms with Crippen LogP contribution in [0.2, 0.25) is 5.15 Å². The van der Waals surface area contributed by atoms with Gasteiger partial charge in [-0.25, -0.2) is 0 Å². The number of rotatable bonds is 4. The lowest BCUT2D eigenvalue weighted by Crippen LogP contribution is -2.26. The molecule has 2 heterocycles. The van der Waals surface area contributed by atoms with Crippen LogP contribution in [0.25, 0.3) is 0 Å². The Bertz CT molecular complexity index is 537. The summed E-state index contributed by atoms with van der Waals surface area (Å²) in [7, 11) is 1.85. The summed E-state index contributed by atoms with van der Waals surface area (Å²) in [6.07, 6.45) is 4.41. The molecule has 0 aliphatic heterocycles. The monoisotopic (exact) mass is 265 g/mol. The SMILES string of the molecule is Cn1cc(CCNC(=O)c2ccc(Cl)nn2)cn1. The molecule has 0 atom stereocenters. The van der Waals surface area contributed by atoms with Crippen LogP contribution in [-0.2, 0) is 13.5 Å². The van der Waals surface area contributed by atoms with E-state index in [4.69, 9.17) is 11.6 Å². The van der Waals surface area contributed by atoms with Crippen LogP contribution in [0, 0.1) is 0 Å². The predicted molar refractivity (Wildman–Crippen MR) is 66.3 cm³/mol. The smallest absolute Gasteiger partial charge is 0.271 e. The molecule has 2 rings (SSSR count). The third kappa shape index (κ3) is 3.27. The summed E-state index contributed by atoms with van der Waals surface area (Å²) < 4.78 is 1.72. The molecule has 1 N–H and O–H groups in total. The molecular weight excluding hydrogens is 254 g/mol. The van der Waals surface area contributed by atoms with Crippen molar-refractivity contribution in [3.05, 3.63) is 40.9 Å². The maximum absolute atomic E-state index is 11.7. The number of hydrogen-bond acceptors (Lipinski definition) is 4. The van der Waals surface area contributed by atoms with Gasteiger partial charge in [0, 0.05) is 19.8 Å². The zero-order valence-electron chi connectivity index (χ0n) is 9.80. The highest BCUT2D eigenvalue weighted by Gasteiger charge is 2.07. The summed E-state index contributed by atoms with van der Waals surface area (Å²) in [4.78, 5) is 11.7. The third-order valence-electron chi connectivity index (χ3n) is 2.32. The molecule has 18 heavy (non-hydrogen) atoms. The van der Waals surface area contributed by atoms with Gasteiger partial charge in [-0.05, 0) is 24.1 Å². The summed E-state index contributed by atoms with van der Waals surface area (Å²) >= 11 is 5.59. The van der Waals surface area contributed by atoms with Crippen molar-refractivity contribution in [2.24, 2.45) is 7.05 Å². The van der Waals surface area contributed by atoms with E-state index in [0.29, 0.717) is 6.54 Å². The van der Waals surface area contributed by atoms with E-state index in [9.17, 15) is 4.79 Å². The van der Waals surface area contributed by atoms with Gasteiger partial charge in [0.15, 0.2) is 10.8 Å². The molecule has 0 radical (unpaired) electrons. The van der Waals surface area contributed by atoms with Crippen LogP contribution < -0.4 is 5.32 Å². The number of carbonyl (C=O) groups is 1. The summed E-state index contributed by atoms with van der Waals surface area (Å²) in [5.74, 6) is -0.261.